The van der Waals surface area contributed by atoms with Crippen LogP contribution in [0.25, 0.3) is 22.0 Å². The monoisotopic (exact) mass is 434 g/mol. The Labute approximate surface area is 183 Å². The van der Waals surface area contributed by atoms with Gasteiger partial charge in [-0.05, 0) is 64.6 Å². The smallest absolute Gasteiger partial charge is 0.236 e. The van der Waals surface area contributed by atoms with Crippen LogP contribution < -0.4 is 10.5 Å². The summed E-state index contributed by atoms with van der Waals surface area (Å²) in [4.78, 5) is 0. The quantitative estimate of drug-likeness (QED) is 0.457. The van der Waals surface area contributed by atoms with Crippen molar-refractivity contribution in [1.82, 2.24) is 3.97 Å². The molecule has 0 unspecified atom stereocenters. The van der Waals surface area contributed by atoms with Crippen LogP contribution in [-0.2, 0) is 29.6 Å². The molecule has 0 bridgehead atoms. The van der Waals surface area contributed by atoms with E-state index in [0.717, 1.165) is 45.4 Å². The van der Waals surface area contributed by atoms with Crippen LogP contribution in [0, 0.1) is 0 Å². The van der Waals surface area contributed by atoms with Gasteiger partial charge in [-0.3, -0.25) is 0 Å². The Morgan fingerprint density at radius 2 is 1.77 bits per heavy atom. The summed E-state index contributed by atoms with van der Waals surface area (Å²) in [7, 11) is -3.44. The minimum absolute atomic E-state index is 0.339. The van der Waals surface area contributed by atoms with Gasteiger partial charge >= 0.3 is 0 Å². The number of para-hydroxylation sites is 1. The molecule has 0 radical (unpaired) electrons. The van der Waals surface area contributed by atoms with Crippen LogP contribution in [0.1, 0.15) is 23.6 Å². The highest BCUT2D eigenvalue weighted by Crippen LogP contribution is 2.33. The summed E-state index contributed by atoms with van der Waals surface area (Å²) in [6.45, 7) is 2.87. The maximum atomic E-state index is 12.3. The van der Waals surface area contributed by atoms with E-state index in [1.54, 1.807) is 6.20 Å². The molecule has 0 fully saturated rings. The molecule has 0 aliphatic rings. The van der Waals surface area contributed by atoms with Crippen molar-refractivity contribution >= 4 is 20.9 Å². The van der Waals surface area contributed by atoms with E-state index in [4.69, 9.17) is 10.5 Å². The van der Waals surface area contributed by atoms with Gasteiger partial charge < -0.3 is 10.5 Å². The minimum Gasteiger partial charge on any atom is -0.489 e. The van der Waals surface area contributed by atoms with Crippen molar-refractivity contribution in [3.63, 3.8) is 0 Å². The summed E-state index contributed by atoms with van der Waals surface area (Å²) in [6, 6.07) is 21.8. The maximum absolute atomic E-state index is 12.3. The van der Waals surface area contributed by atoms with Crippen molar-refractivity contribution < 1.29 is 13.2 Å². The molecule has 5 nitrogen and oxygen atoms in total. The summed E-state index contributed by atoms with van der Waals surface area (Å²) in [5.41, 5.74) is 11.5. The van der Waals surface area contributed by atoms with Crippen molar-refractivity contribution in [2.45, 2.75) is 26.5 Å². The first-order chi connectivity index (χ1) is 14.9. The molecular formula is C25H26N2O3S. The molecule has 2 N–H and O–H groups in total. The second-order valence-electron chi connectivity index (χ2n) is 7.61. The fraction of sp³-hybridized carbons (Fsp3) is 0.200. The summed E-state index contributed by atoms with van der Waals surface area (Å²) < 4.78 is 32.1. The molecule has 4 rings (SSSR count). The Balaban J connectivity index is 1.83. The maximum Gasteiger partial charge on any atom is 0.236 e. The Morgan fingerprint density at radius 3 is 2.52 bits per heavy atom. The number of aromatic nitrogens is 1. The van der Waals surface area contributed by atoms with E-state index in [0.29, 0.717) is 18.7 Å². The molecule has 1 heterocycles. The average molecular weight is 435 g/mol. The molecule has 0 spiro atoms. The highest BCUT2D eigenvalue weighted by atomic mass is 32.2. The van der Waals surface area contributed by atoms with Crippen LogP contribution >= 0.6 is 0 Å². The molecule has 0 aliphatic heterocycles. The summed E-state index contributed by atoms with van der Waals surface area (Å²) >= 11 is 0. The third-order valence-corrected chi connectivity index (χ3v) is 6.44. The van der Waals surface area contributed by atoms with Crippen LogP contribution in [0.3, 0.4) is 0 Å². The fourth-order valence-corrected chi connectivity index (χ4v) is 4.64. The van der Waals surface area contributed by atoms with Crippen LogP contribution in [0.15, 0.2) is 72.9 Å². The van der Waals surface area contributed by atoms with E-state index in [1.807, 2.05) is 54.6 Å². The van der Waals surface area contributed by atoms with E-state index in [9.17, 15) is 8.42 Å². The van der Waals surface area contributed by atoms with E-state index in [2.05, 4.69) is 19.1 Å². The molecule has 4 aromatic rings. The minimum atomic E-state index is -3.44. The third kappa shape index (κ3) is 4.36. The molecule has 3 aromatic carbocycles. The van der Waals surface area contributed by atoms with Gasteiger partial charge in [-0.25, -0.2) is 12.4 Å². The lowest BCUT2D eigenvalue weighted by molar-refractivity contribution is 0.303. The van der Waals surface area contributed by atoms with Crippen LogP contribution in [-0.4, -0.2) is 18.6 Å². The highest BCUT2D eigenvalue weighted by Gasteiger charge is 2.15. The highest BCUT2D eigenvalue weighted by molar-refractivity contribution is 7.89. The first kappa shape index (κ1) is 21.2. The van der Waals surface area contributed by atoms with Gasteiger partial charge in [-0.2, -0.15) is 0 Å². The summed E-state index contributed by atoms with van der Waals surface area (Å²) in [5, 5.41) is 0.873. The SMILES string of the molecule is CCc1ccccc1OCc1cc(-c2cccc(CN)c2)c2ccn(S(C)(=O)=O)c2c1. The molecule has 1 aromatic heterocycles. The van der Waals surface area contributed by atoms with Crippen molar-refractivity contribution in [3.8, 4) is 16.9 Å². The van der Waals surface area contributed by atoms with E-state index in [1.165, 1.54) is 10.2 Å². The normalized spacial score (nSPS) is 11.7. The molecular weight excluding hydrogens is 408 g/mol. The number of benzene rings is 3. The molecule has 6 heteroatoms. The zero-order chi connectivity index (χ0) is 22.0. The van der Waals surface area contributed by atoms with Crippen LogP contribution in [0.2, 0.25) is 0 Å². The molecule has 0 aliphatic carbocycles. The van der Waals surface area contributed by atoms with Crippen molar-refractivity contribution in [3.05, 3.63) is 89.6 Å². The van der Waals surface area contributed by atoms with Gasteiger partial charge in [0.1, 0.15) is 12.4 Å². The van der Waals surface area contributed by atoms with Gasteiger partial charge in [0.2, 0.25) is 10.0 Å². The molecule has 160 valence electrons. The lowest BCUT2D eigenvalue weighted by atomic mass is 9.97. The predicted molar refractivity (Wildman–Crippen MR) is 126 cm³/mol. The van der Waals surface area contributed by atoms with Gasteiger partial charge in [0.15, 0.2) is 0 Å². The lowest BCUT2D eigenvalue weighted by Crippen LogP contribution is -2.08. The second kappa shape index (κ2) is 8.57. The number of rotatable bonds is 7. The zero-order valence-corrected chi connectivity index (χ0v) is 18.5. The van der Waals surface area contributed by atoms with Crippen molar-refractivity contribution in [2.24, 2.45) is 5.73 Å². The van der Waals surface area contributed by atoms with Gasteiger partial charge in [-0.1, -0.05) is 43.3 Å². The molecule has 31 heavy (non-hydrogen) atoms. The largest absolute Gasteiger partial charge is 0.489 e. The molecule has 0 amide bonds. The Morgan fingerprint density at radius 1 is 0.968 bits per heavy atom. The summed E-state index contributed by atoms with van der Waals surface area (Å²) in [6.07, 6.45) is 3.69. The van der Waals surface area contributed by atoms with Crippen molar-refractivity contribution in [1.29, 1.82) is 0 Å². The van der Waals surface area contributed by atoms with Crippen molar-refractivity contribution in [2.75, 3.05) is 6.26 Å². The number of hydrogen-bond acceptors (Lipinski definition) is 4. The summed E-state index contributed by atoms with van der Waals surface area (Å²) in [5.74, 6) is 0.843. The topological polar surface area (TPSA) is 74.3 Å². The third-order valence-electron chi connectivity index (χ3n) is 5.41. The fourth-order valence-electron chi connectivity index (χ4n) is 3.85. The standard InChI is InChI=1S/C25H26N2O3S/c1-3-20-8-4-5-10-25(20)30-17-19-14-23(21-9-6-7-18(13-21)16-26)22-11-12-27(24(22)15-19)31(2,28)29/h4-15H,3,16-17,26H2,1-2H3. The molecule has 0 saturated heterocycles. The number of ether oxygens (including phenoxy) is 1. The van der Waals surface area contributed by atoms with Crippen LogP contribution in [0.5, 0.6) is 5.75 Å². The Bertz CT molecular complexity index is 1340. The number of nitrogens with zero attached hydrogens (tertiary/aromatic N) is 1. The first-order valence-electron chi connectivity index (χ1n) is 10.3. The van der Waals surface area contributed by atoms with Gasteiger partial charge in [0.25, 0.3) is 0 Å². The lowest BCUT2D eigenvalue weighted by Gasteiger charge is -2.13. The van der Waals surface area contributed by atoms with Gasteiger partial charge in [-0.15, -0.1) is 0 Å². The van der Waals surface area contributed by atoms with E-state index >= 15 is 0 Å². The molecule has 0 saturated carbocycles. The predicted octanol–water partition coefficient (Wildman–Crippen LogP) is 4.72. The van der Waals surface area contributed by atoms with Crippen LogP contribution in [0.4, 0.5) is 0 Å². The van der Waals surface area contributed by atoms with E-state index < -0.39 is 10.0 Å². The Hall–Kier alpha value is -3.09. The van der Waals surface area contributed by atoms with Gasteiger partial charge in [0.05, 0.1) is 11.8 Å². The first-order valence-corrected chi connectivity index (χ1v) is 12.1. The zero-order valence-electron chi connectivity index (χ0n) is 17.7. The molecule has 0 atom stereocenters. The average Bonchev–Trinajstić information content (AvgIpc) is 3.22. The Kier molecular flexibility index (Phi) is 5.85. The van der Waals surface area contributed by atoms with Gasteiger partial charge in [0, 0.05) is 18.1 Å². The number of nitrogens with two attached hydrogens (primary N) is 1. The van der Waals surface area contributed by atoms with E-state index in [-0.39, 0.29) is 0 Å². The number of fused-ring (bicyclic) bond motifs is 1. The second-order valence-corrected chi connectivity index (χ2v) is 9.46. The number of hydrogen-bond donors (Lipinski definition) is 1. The number of aryl methyl sites for hydroxylation is 1.